The van der Waals surface area contributed by atoms with Gasteiger partial charge in [-0.05, 0) is 19.3 Å². The molecule has 5 nitrogen and oxygen atoms in total. The maximum atomic E-state index is 11.9. The van der Waals surface area contributed by atoms with Gasteiger partial charge in [-0.2, -0.15) is 0 Å². The first-order chi connectivity index (χ1) is 7.20. The molecule has 0 aliphatic carbocycles. The van der Waals surface area contributed by atoms with Crippen molar-refractivity contribution in [2.24, 2.45) is 5.73 Å². The van der Waals surface area contributed by atoms with Gasteiger partial charge in [0, 0.05) is 20.3 Å². The van der Waals surface area contributed by atoms with Crippen molar-refractivity contribution < 1.29 is 14.6 Å². The van der Waals surface area contributed by atoms with Crippen LogP contribution in [0.25, 0.3) is 0 Å². The van der Waals surface area contributed by atoms with Crippen molar-refractivity contribution in [1.29, 1.82) is 0 Å². The second-order valence-electron chi connectivity index (χ2n) is 3.90. The van der Waals surface area contributed by atoms with Crippen LogP contribution in [-0.4, -0.2) is 54.9 Å². The Kier molecular flexibility index (Phi) is 5.01. The van der Waals surface area contributed by atoms with Gasteiger partial charge in [0.05, 0.1) is 18.7 Å². The predicted molar refractivity (Wildman–Crippen MR) is 56.3 cm³/mol. The molecule has 1 unspecified atom stereocenters. The molecule has 1 saturated heterocycles. The summed E-state index contributed by atoms with van der Waals surface area (Å²) in [7, 11) is 1.59. The predicted octanol–water partition coefficient (Wildman–Crippen LogP) is -0.666. The summed E-state index contributed by atoms with van der Waals surface area (Å²) in [4.78, 5) is 13.5. The Morgan fingerprint density at radius 2 is 2.47 bits per heavy atom. The molecular formula is C10H20N2O3. The van der Waals surface area contributed by atoms with Gasteiger partial charge in [0.2, 0.25) is 5.91 Å². The van der Waals surface area contributed by atoms with Crippen LogP contribution >= 0.6 is 0 Å². The number of methoxy groups -OCH3 is 1. The molecule has 0 aromatic heterocycles. The molecule has 1 aliphatic heterocycles. The summed E-state index contributed by atoms with van der Waals surface area (Å²) < 4.78 is 4.88. The number of hydrogen-bond acceptors (Lipinski definition) is 4. The largest absolute Gasteiger partial charge is 0.394 e. The Labute approximate surface area is 90.2 Å². The number of likely N-dealkylation sites (tertiary alicyclic amines) is 1. The topological polar surface area (TPSA) is 75.8 Å². The lowest BCUT2D eigenvalue weighted by Crippen LogP contribution is -2.47. The van der Waals surface area contributed by atoms with Crippen LogP contribution in [0.2, 0.25) is 0 Å². The smallest absolute Gasteiger partial charge is 0.239 e. The summed E-state index contributed by atoms with van der Waals surface area (Å²) in [5.41, 5.74) is 5.75. The van der Waals surface area contributed by atoms with Crippen molar-refractivity contribution in [3.8, 4) is 0 Å². The quantitative estimate of drug-likeness (QED) is 0.639. The molecule has 0 spiro atoms. The normalized spacial score (nSPS) is 23.1. The van der Waals surface area contributed by atoms with Crippen molar-refractivity contribution in [2.75, 3.05) is 26.9 Å². The van der Waals surface area contributed by atoms with E-state index in [0.717, 1.165) is 12.8 Å². The lowest BCUT2D eigenvalue weighted by molar-refractivity contribution is -0.134. The standard InChI is InChI=1S/C10H20N2O3/c1-15-6-4-9(11)10(14)12-5-2-3-8(12)7-13/h8-9,13H,2-7,11H2,1H3/t8-,9?/m1/s1. The van der Waals surface area contributed by atoms with Crippen LogP contribution in [0, 0.1) is 0 Å². The molecule has 3 N–H and O–H groups in total. The third kappa shape index (κ3) is 3.15. The number of nitrogens with zero attached hydrogens (tertiary/aromatic N) is 1. The Bertz CT molecular complexity index is 211. The fourth-order valence-corrected chi connectivity index (χ4v) is 1.90. The molecule has 1 rings (SSSR count). The van der Waals surface area contributed by atoms with Gasteiger partial charge in [-0.3, -0.25) is 4.79 Å². The first-order valence-electron chi connectivity index (χ1n) is 5.36. The van der Waals surface area contributed by atoms with E-state index in [9.17, 15) is 4.79 Å². The molecule has 0 aromatic rings. The van der Waals surface area contributed by atoms with Crippen LogP contribution in [0.15, 0.2) is 0 Å². The fraction of sp³-hybridized carbons (Fsp3) is 0.900. The van der Waals surface area contributed by atoms with Crippen LogP contribution in [0.5, 0.6) is 0 Å². The highest BCUT2D eigenvalue weighted by molar-refractivity contribution is 5.82. The number of aliphatic hydroxyl groups is 1. The highest BCUT2D eigenvalue weighted by atomic mass is 16.5. The number of nitrogens with two attached hydrogens (primary N) is 1. The van der Waals surface area contributed by atoms with Gasteiger partial charge in [-0.1, -0.05) is 0 Å². The van der Waals surface area contributed by atoms with E-state index in [4.69, 9.17) is 15.6 Å². The van der Waals surface area contributed by atoms with E-state index in [1.54, 1.807) is 12.0 Å². The Morgan fingerprint density at radius 3 is 3.07 bits per heavy atom. The van der Waals surface area contributed by atoms with E-state index in [2.05, 4.69) is 0 Å². The van der Waals surface area contributed by atoms with Crippen LogP contribution in [0.4, 0.5) is 0 Å². The second-order valence-corrected chi connectivity index (χ2v) is 3.90. The Balaban J connectivity index is 2.44. The molecule has 1 fully saturated rings. The minimum absolute atomic E-state index is 0.0305. The van der Waals surface area contributed by atoms with Crippen molar-refractivity contribution in [3.63, 3.8) is 0 Å². The lowest BCUT2D eigenvalue weighted by Gasteiger charge is -2.25. The van der Waals surface area contributed by atoms with Crippen molar-refractivity contribution in [3.05, 3.63) is 0 Å². The van der Waals surface area contributed by atoms with Crippen molar-refractivity contribution >= 4 is 5.91 Å². The third-order valence-electron chi connectivity index (χ3n) is 2.82. The molecule has 5 heteroatoms. The number of ether oxygens (including phenoxy) is 1. The van der Waals surface area contributed by atoms with E-state index < -0.39 is 6.04 Å². The number of aliphatic hydroxyl groups excluding tert-OH is 1. The van der Waals surface area contributed by atoms with Gasteiger partial charge in [-0.25, -0.2) is 0 Å². The van der Waals surface area contributed by atoms with E-state index in [1.165, 1.54) is 0 Å². The molecule has 1 aliphatic rings. The molecule has 15 heavy (non-hydrogen) atoms. The average Bonchev–Trinajstić information content (AvgIpc) is 2.72. The van der Waals surface area contributed by atoms with Crippen LogP contribution in [0.3, 0.4) is 0 Å². The van der Waals surface area contributed by atoms with Crippen molar-refractivity contribution in [1.82, 2.24) is 4.90 Å². The van der Waals surface area contributed by atoms with Gasteiger partial charge in [0.1, 0.15) is 0 Å². The van der Waals surface area contributed by atoms with Crippen LogP contribution < -0.4 is 5.73 Å². The fourth-order valence-electron chi connectivity index (χ4n) is 1.90. The molecule has 88 valence electrons. The number of carbonyl (C=O) groups is 1. The van der Waals surface area contributed by atoms with E-state index in [1.807, 2.05) is 0 Å². The average molecular weight is 216 g/mol. The molecule has 1 amide bonds. The number of hydrogen-bond donors (Lipinski definition) is 2. The summed E-state index contributed by atoms with van der Waals surface area (Å²) in [5.74, 6) is -0.0661. The third-order valence-corrected chi connectivity index (χ3v) is 2.82. The maximum absolute atomic E-state index is 11.9. The highest BCUT2D eigenvalue weighted by Gasteiger charge is 2.30. The second kappa shape index (κ2) is 6.05. The minimum Gasteiger partial charge on any atom is -0.394 e. The van der Waals surface area contributed by atoms with Gasteiger partial charge in [-0.15, -0.1) is 0 Å². The summed E-state index contributed by atoms with van der Waals surface area (Å²) in [6.45, 7) is 1.23. The van der Waals surface area contributed by atoms with E-state index >= 15 is 0 Å². The van der Waals surface area contributed by atoms with Crippen LogP contribution in [-0.2, 0) is 9.53 Å². The molecule has 0 bridgehead atoms. The Morgan fingerprint density at radius 1 is 1.73 bits per heavy atom. The molecule has 2 atom stereocenters. The lowest BCUT2D eigenvalue weighted by atomic mass is 10.2. The van der Waals surface area contributed by atoms with E-state index in [-0.39, 0.29) is 18.6 Å². The maximum Gasteiger partial charge on any atom is 0.239 e. The number of rotatable bonds is 5. The number of amides is 1. The zero-order valence-corrected chi connectivity index (χ0v) is 9.19. The monoisotopic (exact) mass is 216 g/mol. The van der Waals surface area contributed by atoms with Gasteiger partial charge in [0.25, 0.3) is 0 Å². The minimum atomic E-state index is -0.503. The first kappa shape index (κ1) is 12.4. The number of carbonyl (C=O) groups excluding carboxylic acids is 1. The van der Waals surface area contributed by atoms with Gasteiger partial charge in [0.15, 0.2) is 0 Å². The highest BCUT2D eigenvalue weighted by Crippen LogP contribution is 2.17. The van der Waals surface area contributed by atoms with E-state index in [0.29, 0.717) is 19.6 Å². The molecule has 0 saturated carbocycles. The first-order valence-corrected chi connectivity index (χ1v) is 5.36. The van der Waals surface area contributed by atoms with Gasteiger partial charge >= 0.3 is 0 Å². The SMILES string of the molecule is COCCC(N)C(=O)N1CCC[C@@H]1CO. The molecular weight excluding hydrogens is 196 g/mol. The molecule has 1 heterocycles. The van der Waals surface area contributed by atoms with Gasteiger partial charge < -0.3 is 20.5 Å². The Hall–Kier alpha value is -0.650. The zero-order chi connectivity index (χ0) is 11.3. The summed E-state index contributed by atoms with van der Waals surface area (Å²) in [5, 5.41) is 9.08. The van der Waals surface area contributed by atoms with Crippen molar-refractivity contribution in [2.45, 2.75) is 31.3 Å². The summed E-state index contributed by atoms with van der Waals surface area (Å²) in [6, 6.07) is -0.539. The summed E-state index contributed by atoms with van der Waals surface area (Å²) in [6.07, 6.45) is 2.36. The van der Waals surface area contributed by atoms with Crippen LogP contribution in [0.1, 0.15) is 19.3 Å². The molecule has 0 radical (unpaired) electrons. The molecule has 0 aromatic carbocycles. The zero-order valence-electron chi connectivity index (χ0n) is 9.19. The summed E-state index contributed by atoms with van der Waals surface area (Å²) >= 11 is 0.